The summed E-state index contributed by atoms with van der Waals surface area (Å²) in [5.41, 5.74) is -1.66. The molecule has 4 saturated heterocycles. The van der Waals surface area contributed by atoms with Crippen molar-refractivity contribution in [1.29, 1.82) is 0 Å². The molecule has 4 saturated carbocycles. The summed E-state index contributed by atoms with van der Waals surface area (Å²) in [4.78, 5) is 193. The number of fused-ring (bicyclic) bond motifs is 3. The normalized spacial score (nSPS) is 32.0. The average Bonchev–Trinajstić information content (AvgIpc) is 1.52. The molecule has 2 unspecified atom stereocenters. The number of nitrogens with zero attached hydrogens (tertiary/aromatic N) is 9. The van der Waals surface area contributed by atoms with E-state index in [9.17, 15) is 45.5 Å². The quantitative estimate of drug-likeness (QED) is 0.170. The number of halogens is 8. The predicted molar refractivity (Wildman–Crippen MR) is 382 cm³/mol. The molecule has 11 atom stereocenters. The lowest BCUT2D eigenvalue weighted by Gasteiger charge is -2.42. The largest absolute Gasteiger partial charge is 0.397 e. The molecule has 12 amide bonds. The van der Waals surface area contributed by atoms with Crippen molar-refractivity contribution in [3.63, 3.8) is 0 Å². The first-order valence-corrected chi connectivity index (χ1v) is 39.6. The lowest BCUT2D eigenvalue weighted by Crippen LogP contribution is -2.65. The fourth-order valence-corrected chi connectivity index (χ4v) is 18.3. The van der Waals surface area contributed by atoms with Crippen molar-refractivity contribution >= 4 is 70.9 Å². The Morgan fingerprint density at radius 2 is 1.12 bits per heavy atom. The maximum absolute atomic E-state index is 15.8. The number of hydrogen-bond donors (Lipinski definition) is 3. The van der Waals surface area contributed by atoms with Gasteiger partial charge >= 0.3 is 12.4 Å². The molecule has 0 radical (unpaired) electrons. The molecule has 4 aliphatic carbocycles. The molecular formula is C76H118F8N12O12. The molecule has 1 spiro atoms. The van der Waals surface area contributed by atoms with E-state index in [-0.39, 0.29) is 96.1 Å². The highest BCUT2D eigenvalue weighted by Crippen LogP contribution is 2.46. The number of rotatable bonds is 11. The molecule has 0 aromatic heterocycles. The average molecular weight is 1540 g/mol. The van der Waals surface area contributed by atoms with Crippen molar-refractivity contribution in [2.75, 3.05) is 81.6 Å². The molecule has 4 heterocycles. The third-order valence-corrected chi connectivity index (χ3v) is 25.0. The van der Waals surface area contributed by atoms with E-state index in [4.69, 9.17) is 0 Å². The Balaban J connectivity index is 1.19. The van der Waals surface area contributed by atoms with Crippen LogP contribution in [-0.2, 0) is 57.5 Å². The number of alkyl halides is 8. The minimum Gasteiger partial charge on any atom is -0.343 e. The Bertz CT molecular complexity index is 3180. The van der Waals surface area contributed by atoms with Crippen molar-refractivity contribution in [3.05, 3.63) is 0 Å². The number of carbonyl (C=O) groups excluding carboxylic acids is 12. The van der Waals surface area contributed by atoms with Crippen LogP contribution in [0.15, 0.2) is 0 Å². The van der Waals surface area contributed by atoms with Gasteiger partial charge in [0.15, 0.2) is 0 Å². The fourth-order valence-electron chi connectivity index (χ4n) is 18.3. The topological polar surface area (TPSA) is 270 Å². The Morgan fingerprint density at radius 3 is 1.71 bits per heavy atom. The smallest absolute Gasteiger partial charge is 0.343 e. The van der Waals surface area contributed by atoms with Crippen LogP contribution in [0.25, 0.3) is 0 Å². The standard InChI is InChI=1S/C76H118F8N12O12/c1-11-46(4)63-71(106)89(6)44-61(99)90(7)55-24-15-20-36-96(70(55)105)58(41-47-26-29-50(30-27-47)75(79,80)81)68(103)88(5)43-59(97)85-53(31-28-48-39-51(77)62(52(78)40-48)76(82,83)84)67(102)95-37-21-25-54(95)66(101)87-74(32-16-17-33-74)73(108)93(10)64(49-22-13-14-23-49)72(107)92(9)57(69(104)94-34-18-12-19-35-94)42-60(98)91(8)56(38-45(2)3)65(100)86-63/h45-58,62-64H,11-44H2,1-10H3,(H,85,97)(H,86,100)(H,87,101)/t46-,47?,48?,50?,51?,52?,53-,54-,55-,56-,57-,58-,62?,63-,64-/m0/s1. The summed E-state index contributed by atoms with van der Waals surface area (Å²) in [6.07, 6.45) is -11.3. The predicted octanol–water partition coefficient (Wildman–Crippen LogP) is 7.48. The maximum Gasteiger partial charge on any atom is 0.397 e. The van der Waals surface area contributed by atoms with E-state index < -0.39 is 224 Å². The number of carbonyl (C=O) groups is 12. The maximum atomic E-state index is 15.8. The van der Waals surface area contributed by atoms with E-state index in [0.29, 0.717) is 83.7 Å². The summed E-state index contributed by atoms with van der Waals surface area (Å²) in [5.74, 6) is -16.2. The molecule has 32 heteroatoms. The lowest BCUT2D eigenvalue weighted by atomic mass is 9.76. The third-order valence-electron chi connectivity index (χ3n) is 25.0. The Morgan fingerprint density at radius 1 is 0.537 bits per heavy atom. The Labute approximate surface area is 630 Å². The summed E-state index contributed by atoms with van der Waals surface area (Å²) >= 11 is 0. The second-order valence-corrected chi connectivity index (χ2v) is 33.0. The first-order chi connectivity index (χ1) is 50.8. The van der Waals surface area contributed by atoms with Gasteiger partial charge in [0.05, 0.1) is 25.4 Å². The van der Waals surface area contributed by atoms with E-state index in [1.165, 1.54) is 66.8 Å². The molecule has 108 heavy (non-hydrogen) atoms. The van der Waals surface area contributed by atoms with Crippen LogP contribution >= 0.6 is 0 Å². The van der Waals surface area contributed by atoms with Crippen molar-refractivity contribution < 1.29 is 92.7 Å². The van der Waals surface area contributed by atoms with Crippen molar-refractivity contribution in [3.8, 4) is 0 Å². The van der Waals surface area contributed by atoms with E-state index >= 15 is 47.1 Å². The van der Waals surface area contributed by atoms with Crippen LogP contribution in [0.5, 0.6) is 0 Å². The Hall–Kier alpha value is -6.92. The number of nitrogens with one attached hydrogen (secondary N) is 3. The monoisotopic (exact) mass is 1540 g/mol. The first kappa shape index (κ1) is 86.7. The van der Waals surface area contributed by atoms with Gasteiger partial charge in [-0.25, -0.2) is 8.78 Å². The van der Waals surface area contributed by atoms with Gasteiger partial charge in [0.1, 0.15) is 72.1 Å². The first-order valence-electron chi connectivity index (χ1n) is 39.6. The van der Waals surface area contributed by atoms with Gasteiger partial charge in [-0.05, 0) is 171 Å². The van der Waals surface area contributed by atoms with E-state index in [1.54, 1.807) is 18.7 Å². The molecule has 8 aliphatic rings. The molecule has 8 fully saturated rings. The zero-order valence-corrected chi connectivity index (χ0v) is 64.8. The van der Waals surface area contributed by atoms with Crippen molar-refractivity contribution in [2.45, 2.75) is 286 Å². The Kier molecular flexibility index (Phi) is 30.0. The van der Waals surface area contributed by atoms with E-state index in [2.05, 4.69) is 16.0 Å². The second-order valence-electron chi connectivity index (χ2n) is 33.0. The number of hydrogen-bond acceptors (Lipinski definition) is 12. The van der Waals surface area contributed by atoms with Gasteiger partial charge < -0.3 is 60.0 Å². The fraction of sp³-hybridized carbons (Fsp3) is 0.842. The van der Waals surface area contributed by atoms with Crippen LogP contribution in [-0.4, -0.2) is 275 Å². The number of amides is 12. The van der Waals surface area contributed by atoms with Crippen molar-refractivity contribution in [1.82, 2.24) is 60.0 Å². The van der Waals surface area contributed by atoms with Gasteiger partial charge in [0.25, 0.3) is 0 Å². The van der Waals surface area contributed by atoms with Gasteiger partial charge in [0.2, 0.25) is 70.9 Å². The van der Waals surface area contributed by atoms with Crippen LogP contribution < -0.4 is 16.0 Å². The summed E-state index contributed by atoms with van der Waals surface area (Å²) in [6.45, 7) is 6.27. The lowest BCUT2D eigenvalue weighted by molar-refractivity contribution is -0.219. The zero-order valence-electron chi connectivity index (χ0n) is 64.8. The van der Waals surface area contributed by atoms with Crippen LogP contribution in [0.2, 0.25) is 0 Å². The number of piperidine rings is 1. The van der Waals surface area contributed by atoms with Crippen LogP contribution in [0.4, 0.5) is 35.1 Å². The highest BCUT2D eigenvalue weighted by molar-refractivity contribution is 6.01. The molecule has 3 N–H and O–H groups in total. The molecule has 0 aromatic carbocycles. The molecule has 4 aliphatic heterocycles. The second kappa shape index (κ2) is 37.4. The summed E-state index contributed by atoms with van der Waals surface area (Å²) in [5, 5.41) is 8.54. The number of likely N-dealkylation sites (N-methyl/N-ethyl adjacent to an activating group) is 6. The minimum atomic E-state index is -5.20. The molecule has 0 aromatic rings. The molecule has 2 bridgehead atoms. The van der Waals surface area contributed by atoms with Gasteiger partial charge in [-0.1, -0.05) is 59.8 Å². The zero-order chi connectivity index (χ0) is 79.6. The number of likely N-dealkylation sites (tertiary alicyclic amines) is 1. The minimum absolute atomic E-state index is 0.0206. The van der Waals surface area contributed by atoms with Gasteiger partial charge in [0, 0.05) is 68.5 Å². The van der Waals surface area contributed by atoms with Gasteiger partial charge in [-0.15, -0.1) is 0 Å². The highest BCUT2D eigenvalue weighted by Gasteiger charge is 2.56. The van der Waals surface area contributed by atoms with E-state index in [0.717, 1.165) is 21.1 Å². The van der Waals surface area contributed by atoms with Gasteiger partial charge in [-0.3, -0.25) is 57.5 Å². The van der Waals surface area contributed by atoms with Crippen molar-refractivity contribution in [2.24, 2.45) is 41.4 Å². The van der Waals surface area contributed by atoms with Crippen LogP contribution in [0.1, 0.15) is 207 Å². The summed E-state index contributed by atoms with van der Waals surface area (Å²) in [6, 6.07) is -10.9. The van der Waals surface area contributed by atoms with Crippen LogP contribution in [0, 0.1) is 41.4 Å². The van der Waals surface area contributed by atoms with Crippen LogP contribution in [0.3, 0.4) is 0 Å². The van der Waals surface area contributed by atoms with E-state index in [1.807, 2.05) is 13.8 Å². The molecule has 24 nitrogen and oxygen atoms in total. The van der Waals surface area contributed by atoms with Gasteiger partial charge in [-0.2, -0.15) is 26.3 Å². The highest BCUT2D eigenvalue weighted by atomic mass is 19.4. The molecular weight excluding hydrogens is 1420 g/mol. The third kappa shape index (κ3) is 20.8. The summed E-state index contributed by atoms with van der Waals surface area (Å²) in [7, 11) is 8.23. The molecule has 610 valence electrons. The SMILES string of the molecule is CC[C@H](C)[C@@H]1NC(=O)[C@H](CC(C)C)N(C)C(=O)C[C@@H](C(=O)N2CCCCC2)N(C)C(=O)[C@H](C2CCCC2)N(C)C(=O)C2(CCCC2)NC(=O)[C@@H]2CCCN2C(=O)[C@H](CCC2CC(F)C(C(F)(F)F)C(F)C2)NC(=O)CN(C)C(=O)[C@H](CC2CCC(C(F)(F)F)CC2)N2CCCC[C@@H](C2=O)N(C)C(=O)CN(C)C1=O. The molecule has 8 rings (SSSR count). The summed E-state index contributed by atoms with van der Waals surface area (Å²) < 4.78 is 115.